The Morgan fingerprint density at radius 2 is 1.89 bits per heavy atom. The standard InChI is InChI=1S/C29H38ClN3O4S/c1-7-13-31(6)26(35)23-22-15-18(5)29(38-22)24(23)27(36)33(21(16-34)17(3)4)25(29)28(37)32(14-8-2)20-12-10-9-11-19(20)30/h7-12,17-18,21-25,34H,1-2,13-16H2,3-6H3/t18?,21-,22-,23+,24-,25?,29?/m0/s1. The third kappa shape index (κ3) is 4.29. The monoisotopic (exact) mass is 559 g/mol. The lowest BCUT2D eigenvalue weighted by Gasteiger charge is -2.43. The van der Waals surface area contributed by atoms with Gasteiger partial charge in [-0.2, -0.15) is 0 Å². The first kappa shape index (κ1) is 28.7. The van der Waals surface area contributed by atoms with Crippen LogP contribution < -0.4 is 4.90 Å². The summed E-state index contributed by atoms with van der Waals surface area (Å²) in [5.41, 5.74) is 0.542. The third-order valence-electron chi connectivity index (χ3n) is 8.52. The molecular weight excluding hydrogens is 522 g/mol. The van der Waals surface area contributed by atoms with Crippen LogP contribution in [0.5, 0.6) is 0 Å². The number of nitrogens with zero attached hydrogens (tertiary/aromatic N) is 3. The molecule has 0 aliphatic carbocycles. The van der Waals surface area contributed by atoms with Crippen molar-refractivity contribution in [2.24, 2.45) is 23.7 Å². The van der Waals surface area contributed by atoms with E-state index in [0.717, 1.165) is 6.42 Å². The highest BCUT2D eigenvalue weighted by Crippen LogP contribution is 2.69. The number of likely N-dealkylation sites (N-methyl/N-ethyl adjacent to an activating group) is 1. The molecule has 3 amide bonds. The largest absolute Gasteiger partial charge is 0.394 e. The van der Waals surface area contributed by atoms with E-state index in [9.17, 15) is 19.5 Å². The number of aliphatic hydroxyl groups excluding tert-OH is 1. The van der Waals surface area contributed by atoms with Gasteiger partial charge in [-0.15, -0.1) is 24.9 Å². The fourth-order valence-electron chi connectivity index (χ4n) is 6.79. The zero-order chi connectivity index (χ0) is 27.9. The molecule has 9 heteroatoms. The van der Waals surface area contributed by atoms with Crippen LogP contribution in [0.2, 0.25) is 5.02 Å². The lowest BCUT2D eigenvalue weighted by atomic mass is 9.65. The Morgan fingerprint density at radius 3 is 2.47 bits per heavy atom. The number of hydrogen-bond acceptors (Lipinski definition) is 5. The smallest absolute Gasteiger partial charge is 0.251 e. The molecular formula is C29H38ClN3O4S. The highest BCUT2D eigenvalue weighted by atomic mass is 35.5. The van der Waals surface area contributed by atoms with Gasteiger partial charge in [0.2, 0.25) is 11.8 Å². The van der Waals surface area contributed by atoms with E-state index < -0.39 is 28.7 Å². The van der Waals surface area contributed by atoms with Crippen molar-refractivity contribution in [3.05, 3.63) is 54.6 Å². The Bertz CT molecular complexity index is 1130. The number of fused-ring (bicyclic) bond motifs is 1. The van der Waals surface area contributed by atoms with Crippen molar-refractivity contribution in [3.63, 3.8) is 0 Å². The number of likely N-dealkylation sites (tertiary alicyclic amines) is 1. The Labute approximate surface area is 234 Å². The van der Waals surface area contributed by atoms with Crippen LogP contribution in [-0.4, -0.2) is 81.5 Å². The van der Waals surface area contributed by atoms with Crippen LogP contribution in [0.1, 0.15) is 27.2 Å². The molecule has 4 rings (SSSR count). The van der Waals surface area contributed by atoms with Crippen LogP contribution in [0, 0.1) is 23.7 Å². The summed E-state index contributed by atoms with van der Waals surface area (Å²) in [6, 6.07) is 5.70. The number of thioether (sulfide) groups is 1. The van der Waals surface area contributed by atoms with E-state index >= 15 is 0 Å². The summed E-state index contributed by atoms with van der Waals surface area (Å²) in [4.78, 5) is 47.6. The number of carbonyl (C=O) groups is 3. The summed E-state index contributed by atoms with van der Waals surface area (Å²) in [6.45, 7) is 13.9. The van der Waals surface area contributed by atoms with Crippen LogP contribution in [0.4, 0.5) is 5.69 Å². The summed E-state index contributed by atoms with van der Waals surface area (Å²) >= 11 is 8.17. The van der Waals surface area contributed by atoms with Gasteiger partial charge in [-0.1, -0.05) is 56.7 Å². The van der Waals surface area contributed by atoms with Gasteiger partial charge in [0.15, 0.2) is 0 Å². The van der Waals surface area contributed by atoms with Crippen LogP contribution in [0.25, 0.3) is 0 Å². The van der Waals surface area contributed by atoms with Crippen molar-refractivity contribution in [3.8, 4) is 0 Å². The molecule has 3 fully saturated rings. The molecule has 1 spiro atoms. The van der Waals surface area contributed by atoms with Crippen molar-refractivity contribution < 1.29 is 19.5 Å². The molecule has 3 heterocycles. The topological polar surface area (TPSA) is 81.2 Å². The Balaban J connectivity index is 1.88. The number of hydrogen-bond donors (Lipinski definition) is 1. The minimum absolute atomic E-state index is 0.0162. The lowest BCUT2D eigenvalue weighted by Crippen LogP contribution is -2.60. The second kappa shape index (κ2) is 11.1. The van der Waals surface area contributed by atoms with Crippen molar-refractivity contribution in [2.45, 2.75) is 49.3 Å². The lowest BCUT2D eigenvalue weighted by molar-refractivity contribution is -0.145. The van der Waals surface area contributed by atoms with Crippen LogP contribution in [0.3, 0.4) is 0 Å². The van der Waals surface area contributed by atoms with Gasteiger partial charge in [0.1, 0.15) is 6.04 Å². The Kier molecular flexibility index (Phi) is 8.36. The molecule has 3 unspecified atom stereocenters. The van der Waals surface area contributed by atoms with E-state index in [4.69, 9.17) is 11.6 Å². The number of rotatable bonds is 10. The number of carbonyl (C=O) groups excluding carboxylic acids is 3. The van der Waals surface area contributed by atoms with E-state index in [-0.39, 0.29) is 48.0 Å². The normalized spacial score (nSPS) is 30.3. The molecule has 0 radical (unpaired) electrons. The van der Waals surface area contributed by atoms with Gasteiger partial charge in [-0.25, -0.2) is 0 Å². The first-order valence-electron chi connectivity index (χ1n) is 13.2. The van der Waals surface area contributed by atoms with Crippen molar-refractivity contribution in [1.29, 1.82) is 0 Å². The second-order valence-corrected chi connectivity index (χ2v) is 12.9. The van der Waals surface area contributed by atoms with Crippen LogP contribution in [0.15, 0.2) is 49.6 Å². The summed E-state index contributed by atoms with van der Waals surface area (Å²) in [5.74, 6) is -1.85. The fraction of sp³-hybridized carbons (Fsp3) is 0.552. The van der Waals surface area contributed by atoms with Gasteiger partial charge in [-0.05, 0) is 30.4 Å². The van der Waals surface area contributed by atoms with Gasteiger partial charge in [-0.3, -0.25) is 14.4 Å². The van der Waals surface area contributed by atoms with E-state index in [0.29, 0.717) is 17.3 Å². The number of amides is 3. The summed E-state index contributed by atoms with van der Waals surface area (Å²) in [5, 5.41) is 10.8. The van der Waals surface area contributed by atoms with E-state index in [1.807, 2.05) is 19.9 Å². The fourth-order valence-corrected chi connectivity index (χ4v) is 9.42. The minimum Gasteiger partial charge on any atom is -0.394 e. The van der Waals surface area contributed by atoms with Gasteiger partial charge in [0.25, 0.3) is 5.91 Å². The molecule has 2 bridgehead atoms. The Morgan fingerprint density at radius 1 is 1.24 bits per heavy atom. The van der Waals surface area contributed by atoms with Crippen LogP contribution >= 0.6 is 23.4 Å². The molecule has 38 heavy (non-hydrogen) atoms. The first-order valence-corrected chi connectivity index (χ1v) is 14.5. The highest BCUT2D eigenvalue weighted by molar-refractivity contribution is 8.02. The average molecular weight is 560 g/mol. The van der Waals surface area contributed by atoms with Gasteiger partial charge in [0.05, 0.1) is 39.9 Å². The van der Waals surface area contributed by atoms with Crippen molar-refractivity contribution in [1.82, 2.24) is 9.80 Å². The number of halogens is 1. The Hall–Kier alpha value is -2.29. The number of para-hydroxylation sites is 1. The van der Waals surface area contributed by atoms with Gasteiger partial charge < -0.3 is 19.8 Å². The van der Waals surface area contributed by atoms with E-state index in [2.05, 4.69) is 20.1 Å². The van der Waals surface area contributed by atoms with Crippen molar-refractivity contribution >= 4 is 46.8 Å². The molecule has 3 aliphatic heterocycles. The molecule has 3 aliphatic rings. The average Bonchev–Trinajstić information content (AvgIpc) is 3.47. The second-order valence-electron chi connectivity index (χ2n) is 11.0. The van der Waals surface area contributed by atoms with Gasteiger partial charge in [0, 0.05) is 25.4 Å². The van der Waals surface area contributed by atoms with E-state index in [1.54, 1.807) is 63.9 Å². The van der Waals surface area contributed by atoms with Crippen LogP contribution in [-0.2, 0) is 14.4 Å². The maximum absolute atomic E-state index is 14.7. The molecule has 1 aromatic rings. The zero-order valence-electron chi connectivity index (χ0n) is 22.5. The summed E-state index contributed by atoms with van der Waals surface area (Å²) in [6.07, 6.45) is 4.05. The van der Waals surface area contributed by atoms with Crippen molar-refractivity contribution in [2.75, 3.05) is 31.6 Å². The molecule has 1 N–H and O–H groups in total. The first-order chi connectivity index (χ1) is 18.1. The molecule has 0 saturated carbocycles. The molecule has 206 valence electrons. The SMILES string of the molecule is C=CCN(C)C(=O)[C@@H]1[C@@H]2CC(C)C3(S2)C(C(=O)N(CC=C)c2ccccc2Cl)N([C@@H](CO)C(C)C)C(=O)[C@H]13. The molecule has 1 aromatic carbocycles. The third-order valence-corrected chi connectivity index (χ3v) is 10.9. The predicted octanol–water partition coefficient (Wildman–Crippen LogP) is 3.86. The zero-order valence-corrected chi connectivity index (χ0v) is 24.1. The van der Waals surface area contributed by atoms with E-state index in [1.165, 1.54) is 0 Å². The molecule has 7 nitrogen and oxygen atoms in total. The van der Waals surface area contributed by atoms with Gasteiger partial charge >= 0.3 is 0 Å². The predicted molar refractivity (Wildman–Crippen MR) is 153 cm³/mol. The summed E-state index contributed by atoms with van der Waals surface area (Å²) in [7, 11) is 1.73. The number of benzene rings is 1. The number of aliphatic hydroxyl groups is 1. The maximum atomic E-state index is 14.7. The summed E-state index contributed by atoms with van der Waals surface area (Å²) < 4.78 is -0.794. The quantitative estimate of drug-likeness (QED) is 0.440. The maximum Gasteiger partial charge on any atom is 0.251 e. The molecule has 3 saturated heterocycles. The highest BCUT2D eigenvalue weighted by Gasteiger charge is 2.77. The molecule has 7 atom stereocenters. The minimum atomic E-state index is -0.858. The molecule has 0 aromatic heterocycles. The number of anilines is 1.